The fourth-order valence-corrected chi connectivity index (χ4v) is 9.62. The van der Waals surface area contributed by atoms with Gasteiger partial charge in [0.1, 0.15) is 0 Å². The molecule has 6 aromatic carbocycles. The number of aromatic nitrogens is 3. The van der Waals surface area contributed by atoms with Crippen molar-refractivity contribution >= 4 is 95.7 Å². The van der Waals surface area contributed by atoms with E-state index in [0.29, 0.717) is 5.95 Å². The summed E-state index contributed by atoms with van der Waals surface area (Å²) in [5.74, 6) is 0.696. The van der Waals surface area contributed by atoms with Crippen LogP contribution < -0.4 is 0 Å². The lowest BCUT2D eigenvalue weighted by atomic mass is 10.0. The second-order valence-electron chi connectivity index (χ2n) is 10.9. The lowest BCUT2D eigenvalue weighted by Crippen LogP contribution is -2.03. The van der Waals surface area contributed by atoms with E-state index in [2.05, 4.69) is 132 Å². The second kappa shape index (κ2) is 8.71. The van der Waals surface area contributed by atoms with E-state index < -0.39 is 0 Å². The first-order valence-electron chi connectivity index (χ1n) is 14.4. The summed E-state index contributed by atoms with van der Waals surface area (Å²) in [5, 5.41) is 8.76. The van der Waals surface area contributed by atoms with E-state index in [9.17, 15) is 0 Å². The average Bonchev–Trinajstić information content (AvgIpc) is 3.73. The molecule has 0 radical (unpaired) electrons. The van der Waals surface area contributed by atoms with Crippen LogP contribution in [0, 0.1) is 0 Å². The summed E-state index contributed by atoms with van der Waals surface area (Å²) < 4.78 is 7.66. The molecule has 5 heteroatoms. The number of benzene rings is 6. The molecule has 3 nitrogen and oxygen atoms in total. The van der Waals surface area contributed by atoms with Gasteiger partial charge in [-0.15, -0.1) is 22.7 Å². The highest BCUT2D eigenvalue weighted by molar-refractivity contribution is 7.37. The predicted molar refractivity (Wildman–Crippen MR) is 185 cm³/mol. The SMILES string of the molecule is c1ccc(-c2nc(-n3c4ccccc4c4c5ccccc5c5c6sc7ccccc7c6sc5c43)nc3ccccc23)cc1. The molecule has 0 aliphatic rings. The monoisotopic (exact) mass is 583 g/mol. The molecule has 10 aromatic rings. The maximum Gasteiger partial charge on any atom is 0.235 e. The molecule has 0 N–H and O–H groups in total. The topological polar surface area (TPSA) is 30.7 Å². The van der Waals surface area contributed by atoms with E-state index in [4.69, 9.17) is 9.97 Å². The van der Waals surface area contributed by atoms with Gasteiger partial charge in [0.25, 0.3) is 0 Å². The van der Waals surface area contributed by atoms with Crippen LogP contribution in [0.2, 0.25) is 0 Å². The number of rotatable bonds is 2. The molecular formula is C38H21N3S2. The maximum absolute atomic E-state index is 5.35. The van der Waals surface area contributed by atoms with Gasteiger partial charge in [0.2, 0.25) is 5.95 Å². The van der Waals surface area contributed by atoms with Gasteiger partial charge in [-0.05, 0) is 29.0 Å². The van der Waals surface area contributed by atoms with Crippen molar-refractivity contribution in [1.29, 1.82) is 0 Å². The molecule has 43 heavy (non-hydrogen) atoms. The Balaban J connectivity index is 1.45. The first-order chi connectivity index (χ1) is 21.3. The van der Waals surface area contributed by atoms with Gasteiger partial charge < -0.3 is 0 Å². The van der Waals surface area contributed by atoms with Crippen LogP contribution in [0.25, 0.3) is 90.3 Å². The highest BCUT2D eigenvalue weighted by Crippen LogP contribution is 2.51. The maximum atomic E-state index is 5.35. The summed E-state index contributed by atoms with van der Waals surface area (Å²) in [5.41, 5.74) is 5.27. The number of hydrogen-bond donors (Lipinski definition) is 0. The quantitative estimate of drug-likeness (QED) is 0.203. The Morgan fingerprint density at radius 1 is 0.465 bits per heavy atom. The van der Waals surface area contributed by atoms with Crippen molar-refractivity contribution in [2.75, 3.05) is 0 Å². The summed E-state index contributed by atoms with van der Waals surface area (Å²) in [6.45, 7) is 0. The Labute approximate surface area is 253 Å². The van der Waals surface area contributed by atoms with E-state index in [0.717, 1.165) is 27.7 Å². The van der Waals surface area contributed by atoms with E-state index in [1.54, 1.807) is 0 Å². The fraction of sp³-hybridized carbons (Fsp3) is 0. The highest BCUT2D eigenvalue weighted by atomic mass is 32.1. The second-order valence-corrected chi connectivity index (χ2v) is 13.0. The molecule has 0 fully saturated rings. The summed E-state index contributed by atoms with van der Waals surface area (Å²) >= 11 is 3.81. The fourth-order valence-electron chi connectivity index (χ4n) is 6.79. The number of hydrogen-bond acceptors (Lipinski definition) is 4. The van der Waals surface area contributed by atoms with Crippen molar-refractivity contribution in [3.05, 3.63) is 127 Å². The zero-order valence-electron chi connectivity index (χ0n) is 22.8. The Morgan fingerprint density at radius 2 is 1.12 bits per heavy atom. The third kappa shape index (κ3) is 3.18. The van der Waals surface area contributed by atoms with Crippen LogP contribution in [0.4, 0.5) is 0 Å². The number of para-hydroxylation sites is 2. The van der Waals surface area contributed by atoms with Gasteiger partial charge >= 0.3 is 0 Å². The van der Waals surface area contributed by atoms with E-state index in [-0.39, 0.29) is 0 Å². The van der Waals surface area contributed by atoms with Crippen molar-refractivity contribution in [1.82, 2.24) is 14.5 Å². The lowest BCUT2D eigenvalue weighted by Gasteiger charge is -2.12. The van der Waals surface area contributed by atoms with Crippen LogP contribution >= 0.6 is 22.7 Å². The van der Waals surface area contributed by atoms with Crippen molar-refractivity contribution < 1.29 is 0 Å². The van der Waals surface area contributed by atoms with Crippen LogP contribution in [0.5, 0.6) is 0 Å². The molecular weight excluding hydrogens is 563 g/mol. The molecule has 4 aromatic heterocycles. The molecule has 0 saturated heterocycles. The molecule has 0 atom stereocenters. The minimum absolute atomic E-state index is 0.696. The van der Waals surface area contributed by atoms with Crippen LogP contribution in [-0.4, -0.2) is 14.5 Å². The molecule has 0 aliphatic carbocycles. The minimum Gasteiger partial charge on any atom is -0.276 e. The van der Waals surface area contributed by atoms with Crippen molar-refractivity contribution in [3.8, 4) is 17.2 Å². The number of nitrogens with zero attached hydrogens (tertiary/aromatic N) is 3. The average molecular weight is 584 g/mol. The van der Waals surface area contributed by atoms with Crippen molar-refractivity contribution in [2.45, 2.75) is 0 Å². The molecule has 0 aliphatic heterocycles. The predicted octanol–water partition coefficient (Wildman–Crippen LogP) is 11.1. The zero-order valence-corrected chi connectivity index (χ0v) is 24.4. The first kappa shape index (κ1) is 23.5. The summed E-state index contributed by atoms with van der Waals surface area (Å²) in [4.78, 5) is 10.6. The van der Waals surface area contributed by atoms with Crippen LogP contribution in [0.15, 0.2) is 127 Å². The van der Waals surface area contributed by atoms with Crippen molar-refractivity contribution in [3.63, 3.8) is 0 Å². The zero-order chi connectivity index (χ0) is 28.1. The summed E-state index contributed by atoms with van der Waals surface area (Å²) in [6.07, 6.45) is 0. The molecule has 0 bridgehead atoms. The standard InChI is InChI=1S/C38H21N3S2/c1-2-12-22(13-3-1)33-25-16-6-9-19-28(25)39-38(40-33)41-29-20-10-7-17-26(29)31-23-14-4-5-15-24(23)32-36(34(31)41)43-35-27-18-8-11-21-30(27)42-37(32)35/h1-21H. The van der Waals surface area contributed by atoms with E-state index in [1.807, 2.05) is 22.7 Å². The van der Waals surface area contributed by atoms with Gasteiger partial charge in [-0.3, -0.25) is 4.57 Å². The molecule has 4 heterocycles. The molecule has 0 spiro atoms. The van der Waals surface area contributed by atoms with Gasteiger partial charge in [0, 0.05) is 37.2 Å². The number of thiophene rings is 2. The van der Waals surface area contributed by atoms with Crippen LogP contribution in [-0.2, 0) is 0 Å². The van der Waals surface area contributed by atoms with E-state index in [1.165, 1.54) is 56.6 Å². The lowest BCUT2D eigenvalue weighted by molar-refractivity contribution is 1.02. The number of fused-ring (bicyclic) bond motifs is 13. The van der Waals surface area contributed by atoms with Gasteiger partial charge in [-0.2, -0.15) is 0 Å². The Bertz CT molecular complexity index is 2730. The largest absolute Gasteiger partial charge is 0.276 e. The minimum atomic E-state index is 0.696. The van der Waals surface area contributed by atoms with Gasteiger partial charge in [-0.1, -0.05) is 109 Å². The normalized spacial score (nSPS) is 12.2. The molecule has 0 unspecified atom stereocenters. The molecule has 200 valence electrons. The Morgan fingerprint density at radius 3 is 1.95 bits per heavy atom. The van der Waals surface area contributed by atoms with E-state index >= 15 is 0 Å². The van der Waals surface area contributed by atoms with Gasteiger partial charge in [0.05, 0.1) is 36.3 Å². The Kier molecular flexibility index (Phi) is 4.75. The third-order valence-corrected chi connectivity index (χ3v) is 11.1. The smallest absolute Gasteiger partial charge is 0.235 e. The van der Waals surface area contributed by atoms with Crippen molar-refractivity contribution in [2.24, 2.45) is 0 Å². The van der Waals surface area contributed by atoms with Gasteiger partial charge in [-0.25, -0.2) is 9.97 Å². The first-order valence-corrected chi connectivity index (χ1v) is 16.0. The van der Waals surface area contributed by atoms with Crippen LogP contribution in [0.3, 0.4) is 0 Å². The van der Waals surface area contributed by atoms with Gasteiger partial charge in [0.15, 0.2) is 0 Å². The molecule has 10 rings (SSSR count). The Hall–Kier alpha value is -5.10. The highest BCUT2D eigenvalue weighted by Gasteiger charge is 2.24. The van der Waals surface area contributed by atoms with Crippen LogP contribution in [0.1, 0.15) is 0 Å². The third-order valence-electron chi connectivity index (χ3n) is 8.60. The summed E-state index contributed by atoms with van der Waals surface area (Å²) in [7, 11) is 0. The molecule has 0 saturated carbocycles. The molecule has 0 amide bonds. The summed E-state index contributed by atoms with van der Waals surface area (Å²) in [6, 6.07) is 45.2.